The van der Waals surface area contributed by atoms with Gasteiger partial charge in [-0.25, -0.2) is 18.4 Å². The summed E-state index contributed by atoms with van der Waals surface area (Å²) in [6, 6.07) is 0. The molecule has 0 saturated heterocycles. The normalized spacial score (nSPS) is 24.4. The highest BCUT2D eigenvalue weighted by Crippen LogP contribution is 2.27. The molecule has 0 aromatic rings. The molecule has 0 aromatic carbocycles. The van der Waals surface area contributed by atoms with E-state index >= 15 is 0 Å². The van der Waals surface area contributed by atoms with Gasteiger partial charge >= 0.3 is 5.97 Å². The first-order chi connectivity index (χ1) is 11.4. The van der Waals surface area contributed by atoms with Crippen molar-refractivity contribution < 1.29 is 22.7 Å². The van der Waals surface area contributed by atoms with Crippen LogP contribution in [0, 0.1) is 0 Å². The predicted molar refractivity (Wildman–Crippen MR) is 93.6 cm³/mol. The number of sulfonamides is 1. The standard InChI is InChI=1S/C17H29NO5S/c1-3-23-13-12-14-15(17(19)22-2)10-8-6-4-5-7-9-11-16(14)24(18,20)21/h12-13,16H,3-11H2,1-2H3,(H2,18,20,21)/b13-12+,15-14+/t16-/m0/s1. The minimum Gasteiger partial charge on any atom is -0.501 e. The van der Waals surface area contributed by atoms with Crippen molar-refractivity contribution in [2.75, 3.05) is 13.7 Å². The number of methoxy groups -OCH3 is 1. The van der Waals surface area contributed by atoms with Gasteiger partial charge in [0.1, 0.15) is 5.25 Å². The van der Waals surface area contributed by atoms with Crippen molar-refractivity contribution in [2.45, 2.75) is 63.5 Å². The summed E-state index contributed by atoms with van der Waals surface area (Å²) >= 11 is 0. The number of primary sulfonamides is 1. The number of ether oxygens (including phenoxy) is 2. The third-order valence-electron chi connectivity index (χ3n) is 4.18. The Morgan fingerprint density at radius 2 is 1.83 bits per heavy atom. The summed E-state index contributed by atoms with van der Waals surface area (Å²) in [6.45, 7) is 2.28. The van der Waals surface area contributed by atoms with Gasteiger partial charge < -0.3 is 9.47 Å². The van der Waals surface area contributed by atoms with Crippen LogP contribution in [0.4, 0.5) is 0 Å². The van der Waals surface area contributed by atoms with Gasteiger partial charge in [0.15, 0.2) is 0 Å². The van der Waals surface area contributed by atoms with E-state index in [0.717, 1.165) is 38.5 Å². The molecule has 0 fully saturated rings. The molecule has 0 aromatic heterocycles. The van der Waals surface area contributed by atoms with Crippen LogP contribution in [0.5, 0.6) is 0 Å². The monoisotopic (exact) mass is 359 g/mol. The molecular weight excluding hydrogens is 330 g/mol. The van der Waals surface area contributed by atoms with Crippen molar-refractivity contribution in [1.29, 1.82) is 0 Å². The molecule has 0 amide bonds. The molecule has 0 unspecified atom stereocenters. The van der Waals surface area contributed by atoms with Gasteiger partial charge in [0.2, 0.25) is 10.0 Å². The summed E-state index contributed by atoms with van der Waals surface area (Å²) in [5, 5.41) is 4.55. The maximum absolute atomic E-state index is 12.2. The highest BCUT2D eigenvalue weighted by Gasteiger charge is 2.29. The minimum absolute atomic E-state index is 0.384. The second kappa shape index (κ2) is 10.5. The lowest BCUT2D eigenvalue weighted by atomic mass is 9.97. The van der Waals surface area contributed by atoms with Crippen LogP contribution in [-0.4, -0.2) is 33.4 Å². The van der Waals surface area contributed by atoms with Crippen molar-refractivity contribution in [2.24, 2.45) is 5.14 Å². The fourth-order valence-electron chi connectivity index (χ4n) is 2.94. The Morgan fingerprint density at radius 1 is 1.21 bits per heavy atom. The van der Waals surface area contributed by atoms with Crippen LogP contribution in [0.2, 0.25) is 0 Å². The zero-order chi connectivity index (χ0) is 18.0. The number of carbonyl (C=O) groups is 1. The second-order valence-electron chi connectivity index (χ2n) is 5.92. The van der Waals surface area contributed by atoms with Crippen molar-refractivity contribution in [3.05, 3.63) is 23.5 Å². The Balaban J connectivity index is 3.38. The van der Waals surface area contributed by atoms with E-state index in [1.807, 2.05) is 6.92 Å². The van der Waals surface area contributed by atoms with Gasteiger partial charge in [-0.1, -0.05) is 32.1 Å². The summed E-state index contributed by atoms with van der Waals surface area (Å²) in [4.78, 5) is 12.2. The van der Waals surface area contributed by atoms with Crippen molar-refractivity contribution in [3.63, 3.8) is 0 Å². The maximum Gasteiger partial charge on any atom is 0.334 e. The van der Waals surface area contributed by atoms with E-state index in [4.69, 9.17) is 14.6 Å². The van der Waals surface area contributed by atoms with Crippen LogP contribution in [0.3, 0.4) is 0 Å². The Morgan fingerprint density at radius 3 is 2.42 bits per heavy atom. The Bertz CT molecular complexity index is 566. The number of hydrogen-bond donors (Lipinski definition) is 1. The van der Waals surface area contributed by atoms with E-state index < -0.39 is 21.2 Å². The van der Waals surface area contributed by atoms with Gasteiger partial charge in [-0.05, 0) is 37.8 Å². The molecule has 1 rings (SSSR count). The lowest BCUT2D eigenvalue weighted by molar-refractivity contribution is -0.136. The third-order valence-corrected chi connectivity index (χ3v) is 5.46. The molecule has 6 nitrogen and oxygen atoms in total. The number of allylic oxidation sites excluding steroid dienone is 1. The molecule has 0 heterocycles. The molecule has 1 aliphatic rings. The minimum atomic E-state index is -3.84. The lowest BCUT2D eigenvalue weighted by Gasteiger charge is -2.19. The van der Waals surface area contributed by atoms with E-state index in [0.29, 0.717) is 30.6 Å². The van der Waals surface area contributed by atoms with Gasteiger partial charge in [0, 0.05) is 5.57 Å². The summed E-state index contributed by atoms with van der Waals surface area (Å²) in [6.07, 6.45) is 9.53. The molecule has 0 aliphatic heterocycles. The quantitative estimate of drug-likeness (QED) is 0.601. The number of rotatable bonds is 5. The van der Waals surface area contributed by atoms with Crippen LogP contribution in [0.25, 0.3) is 0 Å². The zero-order valence-corrected chi connectivity index (χ0v) is 15.4. The fraction of sp³-hybridized carbons (Fsp3) is 0.706. The summed E-state index contributed by atoms with van der Waals surface area (Å²) < 4.78 is 34.4. The highest BCUT2D eigenvalue weighted by atomic mass is 32.2. The van der Waals surface area contributed by atoms with Gasteiger partial charge in [0.25, 0.3) is 0 Å². The predicted octanol–water partition coefficient (Wildman–Crippen LogP) is 2.80. The van der Waals surface area contributed by atoms with E-state index in [9.17, 15) is 13.2 Å². The number of hydrogen-bond acceptors (Lipinski definition) is 5. The maximum atomic E-state index is 12.2. The lowest BCUT2D eigenvalue weighted by Crippen LogP contribution is -2.31. The largest absolute Gasteiger partial charge is 0.501 e. The molecule has 0 radical (unpaired) electrons. The van der Waals surface area contributed by atoms with Crippen molar-refractivity contribution in [3.8, 4) is 0 Å². The number of nitrogens with two attached hydrogens (primary N) is 1. The summed E-state index contributed by atoms with van der Waals surface area (Å²) in [5.41, 5.74) is 0.786. The first-order valence-corrected chi connectivity index (χ1v) is 10.1. The Hall–Kier alpha value is -1.34. The average molecular weight is 359 g/mol. The molecule has 0 saturated carbocycles. The summed E-state index contributed by atoms with van der Waals surface area (Å²) in [7, 11) is -2.54. The topological polar surface area (TPSA) is 95.7 Å². The van der Waals surface area contributed by atoms with Crippen LogP contribution in [-0.2, 0) is 24.3 Å². The van der Waals surface area contributed by atoms with Crippen LogP contribution < -0.4 is 5.14 Å². The van der Waals surface area contributed by atoms with Crippen LogP contribution in [0.15, 0.2) is 23.5 Å². The Labute approximate surface area is 145 Å². The van der Waals surface area contributed by atoms with Gasteiger partial charge in [0.05, 0.1) is 20.0 Å². The first-order valence-electron chi connectivity index (χ1n) is 8.53. The molecule has 138 valence electrons. The second-order valence-corrected chi connectivity index (χ2v) is 7.67. The van der Waals surface area contributed by atoms with E-state index in [1.165, 1.54) is 13.4 Å². The summed E-state index contributed by atoms with van der Waals surface area (Å²) in [5.74, 6) is -0.501. The highest BCUT2D eigenvalue weighted by molar-refractivity contribution is 7.90. The molecule has 2 N–H and O–H groups in total. The molecule has 1 atom stereocenters. The fourth-order valence-corrected chi connectivity index (χ4v) is 4.01. The average Bonchev–Trinajstić information content (AvgIpc) is 2.57. The molecular formula is C17H29NO5S. The van der Waals surface area contributed by atoms with Gasteiger partial charge in [-0.2, -0.15) is 0 Å². The number of esters is 1. The molecule has 24 heavy (non-hydrogen) atoms. The molecule has 7 heteroatoms. The van der Waals surface area contributed by atoms with Crippen molar-refractivity contribution in [1.82, 2.24) is 0 Å². The van der Waals surface area contributed by atoms with E-state index in [-0.39, 0.29) is 0 Å². The smallest absolute Gasteiger partial charge is 0.334 e. The van der Waals surface area contributed by atoms with Gasteiger partial charge in [-0.15, -0.1) is 0 Å². The molecule has 0 spiro atoms. The van der Waals surface area contributed by atoms with Gasteiger partial charge in [-0.3, -0.25) is 0 Å². The zero-order valence-electron chi connectivity index (χ0n) is 14.6. The third kappa shape index (κ3) is 6.65. The first kappa shape index (κ1) is 20.7. The van der Waals surface area contributed by atoms with E-state index in [1.54, 1.807) is 6.08 Å². The molecule has 0 bridgehead atoms. The number of carbonyl (C=O) groups excluding carboxylic acids is 1. The van der Waals surface area contributed by atoms with E-state index in [2.05, 4.69) is 0 Å². The molecule has 1 aliphatic carbocycles. The van der Waals surface area contributed by atoms with Crippen LogP contribution in [0.1, 0.15) is 58.3 Å². The Kier molecular flexibility index (Phi) is 9.07. The SMILES string of the molecule is CCO/C=C/C1=C(\C(=O)OC)CCCCCCCC[C@@H]1S(N)(=O)=O. The van der Waals surface area contributed by atoms with Crippen LogP contribution >= 0.6 is 0 Å². The van der Waals surface area contributed by atoms with Crippen molar-refractivity contribution >= 4 is 16.0 Å².